The maximum atomic E-state index is 13.4. The Morgan fingerprint density at radius 3 is 2.50 bits per heavy atom. The lowest BCUT2D eigenvalue weighted by Crippen LogP contribution is -2.40. The van der Waals surface area contributed by atoms with Crippen LogP contribution in [0, 0.1) is 11.8 Å². The van der Waals surface area contributed by atoms with Gasteiger partial charge in [-0.1, -0.05) is 36.4 Å². The lowest BCUT2D eigenvalue weighted by Gasteiger charge is -2.23. The summed E-state index contributed by atoms with van der Waals surface area (Å²) >= 11 is 0. The van der Waals surface area contributed by atoms with Crippen molar-refractivity contribution in [3.63, 3.8) is 0 Å². The summed E-state index contributed by atoms with van der Waals surface area (Å²) in [5, 5.41) is 5.77. The zero-order valence-electron chi connectivity index (χ0n) is 22.0. The molecule has 3 aromatic rings. The molecule has 3 heterocycles. The van der Waals surface area contributed by atoms with Crippen LogP contribution < -0.4 is 0 Å². The van der Waals surface area contributed by atoms with E-state index in [1.807, 2.05) is 21.5 Å². The normalized spacial score (nSPS) is 22.1. The van der Waals surface area contributed by atoms with E-state index < -0.39 is 5.54 Å². The highest BCUT2D eigenvalue weighted by molar-refractivity contribution is 6.16. The molecule has 8 heteroatoms. The summed E-state index contributed by atoms with van der Waals surface area (Å²) in [7, 11) is 3.64. The van der Waals surface area contributed by atoms with Gasteiger partial charge in [-0.3, -0.25) is 24.2 Å². The summed E-state index contributed by atoms with van der Waals surface area (Å²) in [4.78, 5) is 34.8. The van der Waals surface area contributed by atoms with Crippen molar-refractivity contribution < 1.29 is 14.3 Å². The first-order chi connectivity index (χ1) is 18.5. The molecule has 0 unspecified atom stereocenters. The molecule has 7 rings (SSSR count). The molecule has 0 bridgehead atoms. The van der Waals surface area contributed by atoms with Gasteiger partial charge < -0.3 is 9.64 Å². The van der Waals surface area contributed by atoms with E-state index in [4.69, 9.17) is 9.73 Å². The van der Waals surface area contributed by atoms with Crippen molar-refractivity contribution in [1.29, 1.82) is 0 Å². The Labute approximate surface area is 222 Å². The van der Waals surface area contributed by atoms with Crippen LogP contribution in [-0.2, 0) is 28.0 Å². The second-order valence-electron chi connectivity index (χ2n) is 11.4. The van der Waals surface area contributed by atoms with Gasteiger partial charge in [0.15, 0.2) is 0 Å². The number of benzene rings is 2. The van der Waals surface area contributed by atoms with Gasteiger partial charge >= 0.3 is 0 Å². The summed E-state index contributed by atoms with van der Waals surface area (Å²) in [5.74, 6) is 1.78. The van der Waals surface area contributed by atoms with E-state index in [2.05, 4.69) is 47.6 Å². The number of aryl methyl sites for hydroxylation is 1. The number of aromatic nitrogens is 2. The molecular formula is C30H33N5O3. The molecule has 2 saturated carbocycles. The Kier molecular flexibility index (Phi) is 5.44. The minimum absolute atomic E-state index is 0.135. The van der Waals surface area contributed by atoms with Crippen molar-refractivity contribution >= 4 is 28.6 Å². The maximum absolute atomic E-state index is 13.4. The number of carbonyl (C=O) groups is 2. The topological polar surface area (TPSA) is 80.0 Å². The number of rotatable bonds is 7. The number of carbonyl (C=O) groups excluding carboxylic acids is 2. The lowest BCUT2D eigenvalue weighted by molar-refractivity contribution is -0.131. The fraction of sp³-hybridized carbons (Fsp3) is 0.467. The first kappa shape index (κ1) is 23.6. The molecular weight excluding hydrogens is 478 g/mol. The molecule has 1 aromatic heterocycles. The summed E-state index contributed by atoms with van der Waals surface area (Å²) in [6.45, 7) is 2.72. The first-order valence-electron chi connectivity index (χ1n) is 13.7. The van der Waals surface area contributed by atoms with E-state index in [-0.39, 0.29) is 11.8 Å². The minimum atomic E-state index is -0.542. The Hall–Kier alpha value is -3.52. The Bertz CT molecular complexity index is 1470. The molecule has 0 radical (unpaired) electrons. The molecule has 2 aliphatic carbocycles. The summed E-state index contributed by atoms with van der Waals surface area (Å²) in [6, 6.07) is 14.7. The molecule has 3 fully saturated rings. The fourth-order valence-electron chi connectivity index (χ4n) is 6.07. The third-order valence-corrected chi connectivity index (χ3v) is 8.62. The molecule has 38 heavy (non-hydrogen) atoms. The number of methoxy groups -OCH3 is 1. The number of likely N-dealkylation sites (tertiary alicyclic amines) is 1. The highest BCUT2D eigenvalue weighted by atomic mass is 16.5. The van der Waals surface area contributed by atoms with Crippen LogP contribution in [0.15, 0.2) is 47.5 Å². The average Bonchev–Trinajstić information content (AvgIpc) is 3.83. The quantitative estimate of drug-likeness (QED) is 0.484. The van der Waals surface area contributed by atoms with E-state index in [0.717, 1.165) is 84.3 Å². The van der Waals surface area contributed by atoms with Crippen LogP contribution in [-0.4, -0.2) is 69.5 Å². The van der Waals surface area contributed by atoms with Crippen molar-refractivity contribution in [1.82, 2.24) is 19.6 Å². The largest absolute Gasteiger partial charge is 0.378 e. The Morgan fingerprint density at radius 2 is 1.79 bits per heavy atom. The zero-order chi connectivity index (χ0) is 26.0. The predicted octanol–water partition coefficient (Wildman–Crippen LogP) is 3.77. The average molecular weight is 512 g/mol. The molecule has 2 aliphatic heterocycles. The van der Waals surface area contributed by atoms with Crippen LogP contribution in [0.3, 0.4) is 0 Å². The molecule has 1 saturated heterocycles. The van der Waals surface area contributed by atoms with Crippen LogP contribution >= 0.6 is 0 Å². The minimum Gasteiger partial charge on any atom is -0.378 e. The third kappa shape index (κ3) is 3.93. The van der Waals surface area contributed by atoms with Crippen LogP contribution in [0.25, 0.3) is 22.0 Å². The van der Waals surface area contributed by atoms with E-state index in [1.165, 1.54) is 0 Å². The maximum Gasteiger partial charge on any atom is 0.256 e. The van der Waals surface area contributed by atoms with Gasteiger partial charge in [0.05, 0.1) is 17.8 Å². The zero-order valence-corrected chi connectivity index (χ0v) is 22.0. The standard InChI is InChI=1S/C30H33N5O3/c1-33-26(18-38-2)24-10-9-23(15-25(24)32-33)20-3-5-21(6-4-20)27-31-30(12-13-30)29(37)35(27)17-19-11-14-34(16-19)28(36)22-7-8-22/h3-6,9-10,15,19,22H,7-8,11-14,16-18H2,1-2H3/t19-/m1/s1. The molecule has 1 spiro atoms. The number of amides is 2. The van der Waals surface area contributed by atoms with Crippen LogP contribution in [0.5, 0.6) is 0 Å². The van der Waals surface area contributed by atoms with Crippen molar-refractivity contribution in [3.8, 4) is 11.1 Å². The van der Waals surface area contributed by atoms with Gasteiger partial charge in [0.2, 0.25) is 5.91 Å². The number of ether oxygens (including phenoxy) is 1. The number of hydrogen-bond acceptors (Lipinski definition) is 5. The van der Waals surface area contributed by atoms with Gasteiger partial charge in [-0.15, -0.1) is 0 Å². The molecule has 0 N–H and O–H groups in total. The molecule has 196 valence electrons. The van der Waals surface area contributed by atoms with Gasteiger partial charge in [-0.2, -0.15) is 5.10 Å². The third-order valence-electron chi connectivity index (χ3n) is 8.62. The Balaban J connectivity index is 1.11. The molecule has 8 nitrogen and oxygen atoms in total. The van der Waals surface area contributed by atoms with Gasteiger partial charge in [0.25, 0.3) is 5.91 Å². The van der Waals surface area contributed by atoms with Crippen LogP contribution in [0.2, 0.25) is 0 Å². The van der Waals surface area contributed by atoms with Gasteiger partial charge in [-0.25, -0.2) is 0 Å². The van der Waals surface area contributed by atoms with Crippen LogP contribution in [0.4, 0.5) is 0 Å². The predicted molar refractivity (Wildman–Crippen MR) is 144 cm³/mol. The van der Waals surface area contributed by atoms with Gasteiger partial charge in [0.1, 0.15) is 11.4 Å². The monoisotopic (exact) mass is 511 g/mol. The van der Waals surface area contributed by atoms with E-state index in [9.17, 15) is 9.59 Å². The van der Waals surface area contributed by atoms with Crippen LogP contribution in [0.1, 0.15) is 43.4 Å². The van der Waals surface area contributed by atoms with E-state index >= 15 is 0 Å². The SMILES string of the molecule is COCc1c2ccc(-c3ccc(C4=NC5(CC5)C(=O)N4C[C@@H]4CCN(C(=O)C5CC5)C4)cc3)cc2nn1C. The number of nitrogens with zero attached hydrogens (tertiary/aromatic N) is 5. The molecule has 2 amide bonds. The smallest absolute Gasteiger partial charge is 0.256 e. The van der Waals surface area contributed by atoms with Crippen molar-refractivity contribution in [2.24, 2.45) is 23.9 Å². The number of aliphatic imine (C=N–C) groups is 1. The molecule has 2 aromatic carbocycles. The van der Waals surface area contributed by atoms with Crippen molar-refractivity contribution in [2.75, 3.05) is 26.7 Å². The number of amidine groups is 1. The van der Waals surface area contributed by atoms with E-state index in [0.29, 0.717) is 25.0 Å². The highest BCUT2D eigenvalue weighted by Crippen LogP contribution is 2.46. The second kappa shape index (κ2) is 8.76. The van der Waals surface area contributed by atoms with E-state index in [1.54, 1.807) is 7.11 Å². The fourth-order valence-corrected chi connectivity index (χ4v) is 6.07. The second-order valence-corrected chi connectivity index (χ2v) is 11.4. The van der Waals surface area contributed by atoms with Crippen molar-refractivity contribution in [2.45, 2.75) is 44.2 Å². The summed E-state index contributed by atoms with van der Waals surface area (Å²) in [5.41, 5.74) is 4.62. The first-order valence-corrected chi connectivity index (χ1v) is 13.7. The molecule has 4 aliphatic rings. The van der Waals surface area contributed by atoms with Gasteiger partial charge in [-0.05, 0) is 55.2 Å². The molecule has 1 atom stereocenters. The summed E-state index contributed by atoms with van der Waals surface area (Å²) in [6.07, 6.45) is 4.67. The number of fused-ring (bicyclic) bond motifs is 1. The highest BCUT2D eigenvalue weighted by Gasteiger charge is 2.57. The lowest BCUT2D eigenvalue weighted by atomic mass is 10.0. The van der Waals surface area contributed by atoms with Gasteiger partial charge in [0, 0.05) is 50.7 Å². The summed E-state index contributed by atoms with van der Waals surface area (Å²) < 4.78 is 7.22. The number of hydrogen-bond donors (Lipinski definition) is 0. The Morgan fingerprint density at radius 1 is 1.05 bits per heavy atom. The van der Waals surface area contributed by atoms with Crippen molar-refractivity contribution in [3.05, 3.63) is 53.7 Å².